The van der Waals surface area contributed by atoms with E-state index in [1.54, 1.807) is 5.54 Å². The van der Waals surface area contributed by atoms with Gasteiger partial charge in [-0.15, -0.1) is 0 Å². The summed E-state index contributed by atoms with van der Waals surface area (Å²) in [7, 11) is 0. The van der Waals surface area contributed by atoms with Crippen molar-refractivity contribution in [1.82, 2.24) is 4.90 Å². The van der Waals surface area contributed by atoms with Gasteiger partial charge in [0.25, 0.3) is 0 Å². The lowest BCUT2D eigenvalue weighted by atomic mass is 10.3. The number of halogens is 2. The lowest BCUT2D eigenvalue weighted by Gasteiger charge is -2.24. The molecule has 72 valence electrons. The molecule has 0 unspecified atom stereocenters. The Hall–Kier alpha value is 0.470. The maximum absolute atomic E-state index is 5.47. The van der Waals surface area contributed by atoms with Gasteiger partial charge in [-0.05, 0) is 26.8 Å². The highest BCUT2D eigenvalue weighted by Gasteiger charge is 2.05. The zero-order chi connectivity index (χ0) is 9.40. The first kappa shape index (κ1) is 12.5. The second kappa shape index (κ2) is 8.09. The lowest BCUT2D eigenvalue weighted by molar-refractivity contribution is 0.247. The van der Waals surface area contributed by atoms with Crippen LogP contribution in [0.15, 0.2) is 11.6 Å². The van der Waals surface area contributed by atoms with Crippen LogP contribution in [-0.2, 0) is 0 Å². The molecule has 0 aromatic carbocycles. The van der Waals surface area contributed by atoms with Crippen LogP contribution in [0.2, 0.25) is 0 Å². The van der Waals surface area contributed by atoms with E-state index in [1.807, 2.05) is 6.08 Å². The van der Waals surface area contributed by atoms with Crippen LogP contribution in [-0.4, -0.2) is 29.4 Å². The van der Waals surface area contributed by atoms with Gasteiger partial charge in [0.05, 0.1) is 0 Å². The zero-order valence-corrected chi connectivity index (χ0v) is 10.1. The van der Waals surface area contributed by atoms with Gasteiger partial charge in [-0.3, -0.25) is 4.90 Å². The summed E-state index contributed by atoms with van der Waals surface area (Å²) in [5.74, 6) is 0. The van der Waals surface area contributed by atoms with Gasteiger partial charge in [-0.2, -0.15) is 0 Å². The summed E-state index contributed by atoms with van der Waals surface area (Å²) in [6.07, 6.45) is 3.17. The van der Waals surface area contributed by atoms with E-state index in [4.69, 9.17) is 11.6 Å². The zero-order valence-electron chi connectivity index (χ0n) is 7.76. The Labute approximate surface area is 88.9 Å². The van der Waals surface area contributed by atoms with Crippen molar-refractivity contribution < 1.29 is 0 Å². The second-order valence-electron chi connectivity index (χ2n) is 2.99. The quantitative estimate of drug-likeness (QED) is 0.658. The molecule has 0 saturated heterocycles. The van der Waals surface area contributed by atoms with Gasteiger partial charge in [-0.1, -0.05) is 33.6 Å². The second-order valence-corrected chi connectivity index (χ2v) is 4.04. The molecule has 0 saturated carbocycles. The average molecular weight is 255 g/mol. The number of hydrogen-bond acceptors (Lipinski definition) is 1. The van der Waals surface area contributed by atoms with Crippen LogP contribution >= 0.6 is 27.5 Å². The van der Waals surface area contributed by atoms with Gasteiger partial charge in [0.15, 0.2) is 0 Å². The first-order chi connectivity index (χ1) is 5.72. The minimum Gasteiger partial charge on any atom is -0.297 e. The van der Waals surface area contributed by atoms with Crippen LogP contribution in [0.3, 0.4) is 0 Å². The smallest absolute Gasteiger partial charge is 0.0177 e. The van der Waals surface area contributed by atoms with E-state index in [0.717, 1.165) is 18.4 Å². The van der Waals surface area contributed by atoms with Crippen molar-refractivity contribution in [1.29, 1.82) is 0 Å². The molecular weight excluding hydrogens is 237 g/mol. The van der Waals surface area contributed by atoms with Gasteiger partial charge >= 0.3 is 0 Å². The number of alkyl halides is 1. The lowest BCUT2D eigenvalue weighted by Crippen LogP contribution is -2.32. The molecule has 0 aliphatic carbocycles. The third-order valence-corrected chi connectivity index (χ3v) is 2.48. The molecule has 0 fully saturated rings. The summed E-state index contributed by atoms with van der Waals surface area (Å²) in [4.78, 5) is 2.39. The molecule has 0 aliphatic rings. The van der Waals surface area contributed by atoms with Crippen molar-refractivity contribution in [2.45, 2.75) is 26.3 Å². The SMILES string of the molecule is CC(C)N(C/C=C/Cl)CCCBr. The van der Waals surface area contributed by atoms with Gasteiger partial charge in [0.1, 0.15) is 0 Å². The van der Waals surface area contributed by atoms with E-state index in [2.05, 4.69) is 34.7 Å². The summed E-state index contributed by atoms with van der Waals surface area (Å²) >= 11 is 8.89. The molecular formula is C9H17BrClN. The Bertz CT molecular complexity index is 126. The van der Waals surface area contributed by atoms with Crippen molar-refractivity contribution in [2.24, 2.45) is 0 Å². The van der Waals surface area contributed by atoms with Gasteiger partial charge in [0, 0.05) is 23.5 Å². The fourth-order valence-corrected chi connectivity index (χ4v) is 1.33. The summed E-state index contributed by atoms with van der Waals surface area (Å²) in [6, 6.07) is 0.594. The predicted octanol–water partition coefficient (Wildman–Crippen LogP) is 3.23. The van der Waals surface area contributed by atoms with E-state index in [1.165, 1.54) is 6.42 Å². The highest BCUT2D eigenvalue weighted by atomic mass is 79.9. The van der Waals surface area contributed by atoms with E-state index in [9.17, 15) is 0 Å². The fourth-order valence-electron chi connectivity index (χ4n) is 0.998. The first-order valence-corrected chi connectivity index (χ1v) is 5.83. The fraction of sp³-hybridized carbons (Fsp3) is 0.778. The van der Waals surface area contributed by atoms with Crippen molar-refractivity contribution in [3.63, 3.8) is 0 Å². The topological polar surface area (TPSA) is 3.24 Å². The summed E-state index contributed by atoms with van der Waals surface area (Å²) in [5.41, 5.74) is 1.59. The highest BCUT2D eigenvalue weighted by Crippen LogP contribution is 2.01. The molecule has 12 heavy (non-hydrogen) atoms. The van der Waals surface area contributed by atoms with Crippen molar-refractivity contribution in [2.75, 3.05) is 18.4 Å². The monoisotopic (exact) mass is 253 g/mol. The summed E-state index contributed by atoms with van der Waals surface area (Å²) in [6.45, 7) is 6.49. The van der Waals surface area contributed by atoms with E-state index >= 15 is 0 Å². The maximum Gasteiger partial charge on any atom is 0.0177 e. The molecule has 0 amide bonds. The molecule has 0 heterocycles. The van der Waals surface area contributed by atoms with Crippen LogP contribution in [0.5, 0.6) is 0 Å². The number of nitrogens with zero attached hydrogens (tertiary/aromatic N) is 1. The molecule has 0 aromatic heterocycles. The Balaban J connectivity index is 3.70. The van der Waals surface area contributed by atoms with Crippen LogP contribution in [0.1, 0.15) is 20.3 Å². The van der Waals surface area contributed by atoms with E-state index in [-0.39, 0.29) is 0 Å². The van der Waals surface area contributed by atoms with Gasteiger partial charge < -0.3 is 0 Å². The molecule has 0 N–H and O–H groups in total. The number of hydrogen-bond donors (Lipinski definition) is 0. The first-order valence-electron chi connectivity index (χ1n) is 4.27. The molecule has 0 aromatic rings. The largest absolute Gasteiger partial charge is 0.297 e. The maximum atomic E-state index is 5.47. The Morgan fingerprint density at radius 3 is 2.58 bits per heavy atom. The normalized spacial score (nSPS) is 12.2. The third kappa shape index (κ3) is 6.04. The predicted molar refractivity (Wildman–Crippen MR) is 60.1 cm³/mol. The standard InChI is InChI=1S/C9H17BrClN/c1-9(2)12(7-3-5-10)8-4-6-11/h4,6,9H,3,5,7-8H2,1-2H3/b6-4+. The number of rotatable bonds is 6. The molecule has 0 radical (unpaired) electrons. The molecule has 1 nitrogen and oxygen atoms in total. The van der Waals surface area contributed by atoms with Crippen LogP contribution in [0, 0.1) is 0 Å². The van der Waals surface area contributed by atoms with Crippen LogP contribution in [0.25, 0.3) is 0 Å². The van der Waals surface area contributed by atoms with E-state index < -0.39 is 0 Å². The van der Waals surface area contributed by atoms with Gasteiger partial charge in [-0.25, -0.2) is 0 Å². The molecule has 0 aliphatic heterocycles. The van der Waals surface area contributed by atoms with Crippen molar-refractivity contribution in [3.8, 4) is 0 Å². The highest BCUT2D eigenvalue weighted by molar-refractivity contribution is 9.09. The molecule has 0 bridgehead atoms. The Morgan fingerprint density at radius 1 is 1.50 bits per heavy atom. The minimum absolute atomic E-state index is 0.594. The Kier molecular flexibility index (Phi) is 8.40. The molecule has 0 spiro atoms. The van der Waals surface area contributed by atoms with Gasteiger partial charge in [0.2, 0.25) is 0 Å². The van der Waals surface area contributed by atoms with E-state index in [0.29, 0.717) is 6.04 Å². The van der Waals surface area contributed by atoms with Crippen LogP contribution < -0.4 is 0 Å². The average Bonchev–Trinajstić information content (AvgIpc) is 2.04. The van der Waals surface area contributed by atoms with Crippen molar-refractivity contribution >= 4 is 27.5 Å². The molecule has 0 atom stereocenters. The minimum atomic E-state index is 0.594. The molecule has 0 rings (SSSR count). The van der Waals surface area contributed by atoms with Crippen molar-refractivity contribution in [3.05, 3.63) is 11.6 Å². The molecule has 3 heteroatoms. The summed E-state index contributed by atoms with van der Waals surface area (Å²) < 4.78 is 0. The Morgan fingerprint density at radius 2 is 2.17 bits per heavy atom. The van der Waals surface area contributed by atoms with Crippen LogP contribution in [0.4, 0.5) is 0 Å². The third-order valence-electron chi connectivity index (χ3n) is 1.74. The summed E-state index contributed by atoms with van der Waals surface area (Å²) in [5, 5.41) is 1.07.